The van der Waals surface area contributed by atoms with E-state index >= 15 is 0 Å². The molecule has 1 atom stereocenters. The fraction of sp³-hybridized carbons (Fsp3) is 0.625. The Kier molecular flexibility index (Phi) is 9.33. The summed E-state index contributed by atoms with van der Waals surface area (Å²) in [7, 11) is 1.94. The minimum Gasteiger partial charge on any atom is -0.389 e. The highest BCUT2D eigenvalue weighted by Crippen LogP contribution is 2.23. The monoisotopic (exact) mass is 349 g/mol. The van der Waals surface area contributed by atoms with Gasteiger partial charge in [-0.2, -0.15) is 0 Å². The van der Waals surface area contributed by atoms with Crippen LogP contribution >= 0.6 is 23.2 Å². The molecule has 0 aliphatic rings. The summed E-state index contributed by atoms with van der Waals surface area (Å²) >= 11 is 11.9. The SMILES string of the molecule is CC(C)OCCOCC(O)CN(C)Cc1ccc(Cl)c(Cl)c1. The molecule has 4 nitrogen and oxygen atoms in total. The lowest BCUT2D eigenvalue weighted by Crippen LogP contribution is -2.32. The molecule has 0 aliphatic heterocycles. The van der Waals surface area contributed by atoms with Gasteiger partial charge in [0.2, 0.25) is 0 Å². The number of benzene rings is 1. The molecule has 126 valence electrons. The van der Waals surface area contributed by atoms with E-state index < -0.39 is 6.10 Å². The molecular formula is C16H25Cl2NO3. The Morgan fingerprint density at radius 2 is 1.91 bits per heavy atom. The Bertz CT molecular complexity index is 443. The van der Waals surface area contributed by atoms with E-state index in [1.807, 2.05) is 37.9 Å². The first-order chi connectivity index (χ1) is 10.4. The average Bonchev–Trinajstić information content (AvgIpc) is 2.42. The summed E-state index contributed by atoms with van der Waals surface area (Å²) in [6.07, 6.45) is -0.335. The number of nitrogens with zero attached hydrogens (tertiary/aromatic N) is 1. The summed E-state index contributed by atoms with van der Waals surface area (Å²) in [5, 5.41) is 11.0. The molecule has 0 bridgehead atoms. The Labute approximate surface area is 142 Å². The molecule has 1 rings (SSSR count). The molecule has 0 radical (unpaired) electrons. The van der Waals surface area contributed by atoms with Crippen molar-refractivity contribution >= 4 is 23.2 Å². The van der Waals surface area contributed by atoms with Gasteiger partial charge in [-0.1, -0.05) is 29.3 Å². The van der Waals surface area contributed by atoms with Crippen molar-refractivity contribution in [2.24, 2.45) is 0 Å². The van der Waals surface area contributed by atoms with Crippen LogP contribution < -0.4 is 0 Å². The van der Waals surface area contributed by atoms with Crippen molar-refractivity contribution in [3.63, 3.8) is 0 Å². The van der Waals surface area contributed by atoms with Crippen LogP contribution in [0.1, 0.15) is 19.4 Å². The predicted molar refractivity (Wildman–Crippen MR) is 90.7 cm³/mol. The fourth-order valence-corrected chi connectivity index (χ4v) is 2.31. The Morgan fingerprint density at radius 1 is 1.18 bits per heavy atom. The standard InChI is InChI=1S/C16H25Cl2NO3/c1-12(2)22-7-6-21-11-14(20)10-19(3)9-13-4-5-15(17)16(18)8-13/h4-5,8,12,14,20H,6-7,9-11H2,1-3H3. The van der Waals surface area contributed by atoms with E-state index in [1.54, 1.807) is 6.07 Å². The minimum atomic E-state index is -0.535. The molecule has 0 heterocycles. The number of rotatable bonds is 10. The van der Waals surface area contributed by atoms with Crippen molar-refractivity contribution < 1.29 is 14.6 Å². The molecular weight excluding hydrogens is 325 g/mol. The first-order valence-corrected chi connectivity index (χ1v) is 8.14. The Morgan fingerprint density at radius 3 is 2.55 bits per heavy atom. The summed E-state index contributed by atoms with van der Waals surface area (Å²) in [5.74, 6) is 0. The molecule has 0 aromatic heterocycles. The maximum absolute atomic E-state index is 9.95. The van der Waals surface area contributed by atoms with Crippen LogP contribution in [0.25, 0.3) is 0 Å². The molecule has 6 heteroatoms. The summed E-state index contributed by atoms with van der Waals surface area (Å²) < 4.78 is 10.8. The Hall–Kier alpha value is -0.360. The zero-order chi connectivity index (χ0) is 16.5. The summed E-state index contributed by atoms with van der Waals surface area (Å²) in [6.45, 7) is 6.50. The summed E-state index contributed by atoms with van der Waals surface area (Å²) in [6, 6.07) is 5.55. The van der Waals surface area contributed by atoms with Crippen LogP contribution in [0.4, 0.5) is 0 Å². The molecule has 0 saturated heterocycles. The minimum absolute atomic E-state index is 0.200. The molecule has 1 aromatic rings. The third-order valence-electron chi connectivity index (χ3n) is 2.95. The molecule has 22 heavy (non-hydrogen) atoms. The molecule has 0 amide bonds. The van der Waals surface area contributed by atoms with Gasteiger partial charge in [-0.25, -0.2) is 0 Å². The van der Waals surface area contributed by atoms with Crippen molar-refractivity contribution in [2.75, 3.05) is 33.4 Å². The second-order valence-electron chi connectivity index (χ2n) is 5.59. The van der Waals surface area contributed by atoms with Gasteiger partial charge in [0.1, 0.15) is 0 Å². The number of ether oxygens (including phenoxy) is 2. The van der Waals surface area contributed by atoms with E-state index in [1.165, 1.54) is 0 Å². The lowest BCUT2D eigenvalue weighted by atomic mass is 10.2. The first kappa shape index (κ1) is 19.7. The zero-order valence-electron chi connectivity index (χ0n) is 13.4. The maximum Gasteiger partial charge on any atom is 0.0900 e. The van der Waals surface area contributed by atoms with E-state index in [-0.39, 0.29) is 6.10 Å². The van der Waals surface area contributed by atoms with Crippen molar-refractivity contribution in [1.29, 1.82) is 0 Å². The van der Waals surface area contributed by atoms with E-state index in [0.29, 0.717) is 43.0 Å². The molecule has 0 aliphatic carbocycles. The molecule has 1 aromatic carbocycles. The number of hydrogen-bond donors (Lipinski definition) is 1. The maximum atomic E-state index is 9.95. The van der Waals surface area contributed by atoms with Crippen molar-refractivity contribution in [2.45, 2.75) is 32.6 Å². The number of halogens is 2. The average molecular weight is 350 g/mol. The largest absolute Gasteiger partial charge is 0.389 e. The molecule has 0 fully saturated rings. The van der Waals surface area contributed by atoms with E-state index in [0.717, 1.165) is 5.56 Å². The lowest BCUT2D eigenvalue weighted by molar-refractivity contribution is -0.0174. The zero-order valence-corrected chi connectivity index (χ0v) is 14.9. The lowest BCUT2D eigenvalue weighted by Gasteiger charge is -2.21. The molecule has 1 N–H and O–H groups in total. The van der Waals surface area contributed by atoms with Crippen LogP contribution in [0.3, 0.4) is 0 Å². The highest BCUT2D eigenvalue weighted by molar-refractivity contribution is 6.42. The number of aliphatic hydroxyl groups excluding tert-OH is 1. The second kappa shape index (κ2) is 10.4. The second-order valence-corrected chi connectivity index (χ2v) is 6.41. The van der Waals surface area contributed by atoms with Crippen molar-refractivity contribution in [1.82, 2.24) is 4.90 Å². The van der Waals surface area contributed by atoms with Crippen molar-refractivity contribution in [3.05, 3.63) is 33.8 Å². The van der Waals surface area contributed by atoms with Gasteiger partial charge in [-0.15, -0.1) is 0 Å². The van der Waals surface area contributed by atoms with Crippen molar-refractivity contribution in [3.8, 4) is 0 Å². The predicted octanol–water partition coefficient (Wildman–Crippen LogP) is 3.23. The van der Waals surface area contributed by atoms with Gasteiger partial charge in [0.25, 0.3) is 0 Å². The fourth-order valence-electron chi connectivity index (χ4n) is 1.99. The van der Waals surface area contributed by atoms with Gasteiger partial charge in [0.05, 0.1) is 42.1 Å². The van der Waals surface area contributed by atoms with Crippen LogP contribution in [-0.4, -0.2) is 55.6 Å². The van der Waals surface area contributed by atoms with E-state index in [4.69, 9.17) is 32.7 Å². The van der Waals surface area contributed by atoms with Crippen LogP contribution in [0, 0.1) is 0 Å². The number of aliphatic hydroxyl groups is 1. The normalized spacial score (nSPS) is 13.1. The molecule has 1 unspecified atom stereocenters. The summed E-state index contributed by atoms with van der Waals surface area (Å²) in [5.41, 5.74) is 1.05. The quantitative estimate of drug-likeness (QED) is 0.658. The third kappa shape index (κ3) is 8.32. The van der Waals surface area contributed by atoms with Gasteiger partial charge in [0, 0.05) is 13.1 Å². The summed E-state index contributed by atoms with van der Waals surface area (Å²) in [4.78, 5) is 2.01. The highest BCUT2D eigenvalue weighted by Gasteiger charge is 2.10. The van der Waals surface area contributed by atoms with Crippen LogP contribution in [0.15, 0.2) is 18.2 Å². The third-order valence-corrected chi connectivity index (χ3v) is 3.69. The molecule has 0 saturated carbocycles. The number of likely N-dealkylation sites (N-methyl/N-ethyl adjacent to an activating group) is 1. The van der Waals surface area contributed by atoms with Gasteiger partial charge in [-0.05, 0) is 38.6 Å². The topological polar surface area (TPSA) is 41.9 Å². The number of hydrogen-bond acceptors (Lipinski definition) is 4. The van der Waals surface area contributed by atoms with Crippen LogP contribution in [0.5, 0.6) is 0 Å². The van der Waals surface area contributed by atoms with Gasteiger partial charge in [0.15, 0.2) is 0 Å². The Balaban J connectivity index is 2.23. The molecule has 0 spiro atoms. The van der Waals surface area contributed by atoms with Crippen LogP contribution in [-0.2, 0) is 16.0 Å². The highest BCUT2D eigenvalue weighted by atomic mass is 35.5. The van der Waals surface area contributed by atoms with Gasteiger partial charge < -0.3 is 14.6 Å². The van der Waals surface area contributed by atoms with E-state index in [9.17, 15) is 5.11 Å². The van der Waals surface area contributed by atoms with Gasteiger partial charge in [-0.3, -0.25) is 4.90 Å². The smallest absolute Gasteiger partial charge is 0.0900 e. The van der Waals surface area contributed by atoms with E-state index in [2.05, 4.69) is 0 Å². The van der Waals surface area contributed by atoms with Crippen LogP contribution in [0.2, 0.25) is 10.0 Å². The first-order valence-electron chi connectivity index (χ1n) is 7.38. The van der Waals surface area contributed by atoms with Gasteiger partial charge >= 0.3 is 0 Å².